The first-order valence-corrected chi connectivity index (χ1v) is 5.69. The lowest BCUT2D eigenvalue weighted by molar-refractivity contribution is 0.155. The van der Waals surface area contributed by atoms with Crippen molar-refractivity contribution in [3.8, 4) is 6.19 Å². The first kappa shape index (κ1) is 13.3. The first-order chi connectivity index (χ1) is 8.19. The fourth-order valence-corrected chi connectivity index (χ4v) is 1.29. The van der Waals surface area contributed by atoms with Gasteiger partial charge < -0.3 is 4.74 Å². The SMILES string of the molecule is CCCCOC(=O)N(C#N)c1ccc(Cl)cc1. The highest BCUT2D eigenvalue weighted by molar-refractivity contribution is 6.30. The Labute approximate surface area is 105 Å². The average Bonchev–Trinajstić information content (AvgIpc) is 2.33. The molecule has 1 amide bonds. The molecule has 90 valence electrons. The van der Waals surface area contributed by atoms with Crippen LogP contribution < -0.4 is 4.90 Å². The van der Waals surface area contributed by atoms with Crippen molar-refractivity contribution >= 4 is 23.4 Å². The molecule has 0 N–H and O–H groups in total. The molecule has 1 aromatic carbocycles. The number of halogens is 1. The average molecular weight is 253 g/mol. The van der Waals surface area contributed by atoms with Gasteiger partial charge in [0, 0.05) is 5.02 Å². The smallest absolute Gasteiger partial charge is 0.427 e. The van der Waals surface area contributed by atoms with E-state index in [0.717, 1.165) is 17.7 Å². The van der Waals surface area contributed by atoms with Gasteiger partial charge in [0.2, 0.25) is 0 Å². The summed E-state index contributed by atoms with van der Waals surface area (Å²) in [6, 6.07) is 6.40. The number of amides is 1. The number of ether oxygens (including phenoxy) is 1. The highest BCUT2D eigenvalue weighted by Gasteiger charge is 2.16. The second kappa shape index (κ2) is 6.77. The van der Waals surface area contributed by atoms with E-state index >= 15 is 0 Å². The Morgan fingerprint density at radius 2 is 2.12 bits per heavy atom. The predicted octanol–water partition coefficient (Wildman–Crippen LogP) is 3.56. The molecule has 0 unspecified atom stereocenters. The Morgan fingerprint density at radius 1 is 1.47 bits per heavy atom. The maximum absolute atomic E-state index is 11.6. The summed E-state index contributed by atoms with van der Waals surface area (Å²) in [7, 11) is 0. The summed E-state index contributed by atoms with van der Waals surface area (Å²) in [4.78, 5) is 12.5. The van der Waals surface area contributed by atoms with E-state index in [1.54, 1.807) is 30.5 Å². The highest BCUT2D eigenvalue weighted by atomic mass is 35.5. The molecule has 0 heterocycles. The van der Waals surface area contributed by atoms with Gasteiger partial charge in [-0.3, -0.25) is 0 Å². The molecule has 0 bridgehead atoms. The Balaban J connectivity index is 2.68. The minimum absolute atomic E-state index is 0.321. The quantitative estimate of drug-likeness (QED) is 0.468. The molecule has 17 heavy (non-hydrogen) atoms. The van der Waals surface area contributed by atoms with Crippen LogP contribution in [0.25, 0.3) is 0 Å². The molecule has 0 spiro atoms. The lowest BCUT2D eigenvalue weighted by Crippen LogP contribution is -2.26. The molecule has 0 radical (unpaired) electrons. The molecule has 0 aliphatic heterocycles. The molecule has 0 saturated heterocycles. The minimum atomic E-state index is -0.664. The number of hydrogen-bond donors (Lipinski definition) is 0. The number of unbranched alkanes of at least 4 members (excludes halogenated alkanes) is 1. The van der Waals surface area contributed by atoms with Crippen LogP contribution in [0.4, 0.5) is 10.5 Å². The second-order valence-corrected chi connectivity index (χ2v) is 3.82. The molecule has 0 atom stereocenters. The standard InChI is InChI=1S/C12H13ClN2O2/c1-2-3-8-17-12(16)15(9-14)11-6-4-10(13)5-7-11/h4-7H,2-3,8H2,1H3. The summed E-state index contributed by atoms with van der Waals surface area (Å²) in [5.74, 6) is 0. The second-order valence-electron chi connectivity index (χ2n) is 3.38. The van der Waals surface area contributed by atoms with E-state index < -0.39 is 6.09 Å². The maximum atomic E-state index is 11.6. The van der Waals surface area contributed by atoms with Crippen molar-refractivity contribution in [1.82, 2.24) is 0 Å². The molecule has 4 nitrogen and oxygen atoms in total. The molecular formula is C12H13ClN2O2. The van der Waals surface area contributed by atoms with Crippen LogP contribution in [0, 0.1) is 11.5 Å². The van der Waals surface area contributed by atoms with Crippen LogP contribution in [0.1, 0.15) is 19.8 Å². The number of nitrogens with zero attached hydrogens (tertiary/aromatic N) is 2. The zero-order valence-corrected chi connectivity index (χ0v) is 10.3. The van der Waals surface area contributed by atoms with Crippen molar-refractivity contribution in [1.29, 1.82) is 5.26 Å². The fraction of sp³-hybridized carbons (Fsp3) is 0.333. The molecule has 0 fully saturated rings. The zero-order chi connectivity index (χ0) is 12.7. The predicted molar refractivity (Wildman–Crippen MR) is 65.8 cm³/mol. The number of benzene rings is 1. The first-order valence-electron chi connectivity index (χ1n) is 5.31. The van der Waals surface area contributed by atoms with E-state index in [1.165, 1.54) is 0 Å². The van der Waals surface area contributed by atoms with Crippen LogP contribution in [0.15, 0.2) is 24.3 Å². The normalized spacial score (nSPS) is 9.47. The van der Waals surface area contributed by atoms with E-state index in [-0.39, 0.29) is 0 Å². The van der Waals surface area contributed by atoms with Crippen molar-refractivity contribution in [3.63, 3.8) is 0 Å². The molecule has 1 rings (SSSR count). The van der Waals surface area contributed by atoms with Gasteiger partial charge in [-0.15, -0.1) is 0 Å². The summed E-state index contributed by atoms with van der Waals surface area (Å²) in [6.07, 6.45) is 2.83. The van der Waals surface area contributed by atoms with Gasteiger partial charge in [-0.25, -0.2) is 4.79 Å². The van der Waals surface area contributed by atoms with Gasteiger partial charge in [-0.05, 0) is 30.7 Å². The van der Waals surface area contributed by atoms with Crippen molar-refractivity contribution in [2.45, 2.75) is 19.8 Å². The number of hydrogen-bond acceptors (Lipinski definition) is 3. The van der Waals surface area contributed by atoms with Gasteiger partial charge in [0.15, 0.2) is 6.19 Å². The van der Waals surface area contributed by atoms with E-state index in [2.05, 4.69) is 0 Å². The Hall–Kier alpha value is -1.73. The molecule has 0 aromatic heterocycles. The maximum Gasteiger partial charge on any atom is 0.427 e. The molecular weight excluding hydrogens is 240 g/mol. The summed E-state index contributed by atoms with van der Waals surface area (Å²) in [5, 5.41) is 9.47. The molecule has 0 saturated carbocycles. The van der Waals surface area contributed by atoms with Crippen molar-refractivity contribution in [2.24, 2.45) is 0 Å². The van der Waals surface area contributed by atoms with Crippen LogP contribution in [0.2, 0.25) is 5.02 Å². The third-order valence-electron chi connectivity index (χ3n) is 2.09. The van der Waals surface area contributed by atoms with E-state index in [9.17, 15) is 4.79 Å². The zero-order valence-electron chi connectivity index (χ0n) is 9.52. The van der Waals surface area contributed by atoms with Crippen LogP contribution in [-0.2, 0) is 4.74 Å². The summed E-state index contributed by atoms with van der Waals surface area (Å²) in [5.41, 5.74) is 0.443. The molecule has 5 heteroatoms. The highest BCUT2D eigenvalue weighted by Crippen LogP contribution is 2.18. The Kier molecular flexibility index (Phi) is 5.31. The van der Waals surface area contributed by atoms with Crippen LogP contribution >= 0.6 is 11.6 Å². The third kappa shape index (κ3) is 3.97. The van der Waals surface area contributed by atoms with Crippen LogP contribution in [-0.4, -0.2) is 12.7 Å². The lowest BCUT2D eigenvalue weighted by atomic mass is 10.3. The summed E-state index contributed by atoms with van der Waals surface area (Å²) < 4.78 is 4.95. The van der Waals surface area contributed by atoms with Gasteiger partial charge >= 0.3 is 6.09 Å². The third-order valence-corrected chi connectivity index (χ3v) is 2.34. The minimum Gasteiger partial charge on any atom is -0.448 e. The number of rotatable bonds is 4. The largest absolute Gasteiger partial charge is 0.448 e. The number of anilines is 1. The molecule has 0 aliphatic rings. The summed E-state index contributed by atoms with van der Waals surface area (Å²) >= 11 is 5.72. The van der Waals surface area contributed by atoms with Crippen LogP contribution in [0.3, 0.4) is 0 Å². The van der Waals surface area contributed by atoms with Crippen molar-refractivity contribution in [3.05, 3.63) is 29.3 Å². The van der Waals surface area contributed by atoms with Gasteiger partial charge in [0.05, 0.1) is 12.3 Å². The van der Waals surface area contributed by atoms with Gasteiger partial charge in [0.25, 0.3) is 0 Å². The van der Waals surface area contributed by atoms with Crippen molar-refractivity contribution in [2.75, 3.05) is 11.5 Å². The Morgan fingerprint density at radius 3 is 2.65 bits per heavy atom. The Bertz CT molecular complexity index is 412. The lowest BCUT2D eigenvalue weighted by Gasteiger charge is -2.13. The van der Waals surface area contributed by atoms with E-state index in [0.29, 0.717) is 17.3 Å². The fourth-order valence-electron chi connectivity index (χ4n) is 1.16. The molecule has 1 aromatic rings. The van der Waals surface area contributed by atoms with Crippen LogP contribution in [0.5, 0.6) is 0 Å². The topological polar surface area (TPSA) is 53.3 Å². The van der Waals surface area contributed by atoms with Crippen molar-refractivity contribution < 1.29 is 9.53 Å². The summed E-state index contributed by atoms with van der Waals surface area (Å²) in [6.45, 7) is 2.32. The van der Waals surface area contributed by atoms with E-state index in [1.807, 2.05) is 6.92 Å². The molecule has 0 aliphatic carbocycles. The van der Waals surface area contributed by atoms with E-state index in [4.69, 9.17) is 21.6 Å². The monoisotopic (exact) mass is 252 g/mol. The number of carbonyl (C=O) groups is 1. The van der Waals surface area contributed by atoms with Gasteiger partial charge in [-0.2, -0.15) is 10.2 Å². The number of nitriles is 1. The number of carbonyl (C=O) groups excluding carboxylic acids is 1. The van der Waals surface area contributed by atoms with Gasteiger partial charge in [0.1, 0.15) is 0 Å². The van der Waals surface area contributed by atoms with Gasteiger partial charge in [-0.1, -0.05) is 24.9 Å².